The fourth-order valence-corrected chi connectivity index (χ4v) is 7.32. The third kappa shape index (κ3) is 5.07. The van der Waals surface area contributed by atoms with Gasteiger partial charge in [-0.1, -0.05) is 39.7 Å². The van der Waals surface area contributed by atoms with Crippen molar-refractivity contribution in [2.24, 2.45) is 5.92 Å². The van der Waals surface area contributed by atoms with E-state index in [2.05, 4.69) is 47.8 Å². The molecule has 2 aliphatic rings. The summed E-state index contributed by atoms with van der Waals surface area (Å²) in [5.74, 6) is -0.802. The third-order valence-electron chi connectivity index (χ3n) is 7.85. The number of aromatic nitrogens is 2. The average Bonchev–Trinajstić information content (AvgIpc) is 3.28. The van der Waals surface area contributed by atoms with Crippen LogP contribution in [0.15, 0.2) is 35.4 Å². The van der Waals surface area contributed by atoms with Gasteiger partial charge in [-0.2, -0.15) is 5.10 Å². The first kappa shape index (κ1) is 25.7. The quantitative estimate of drug-likeness (QED) is 0.320. The largest absolute Gasteiger partial charge is 0.301 e. The van der Waals surface area contributed by atoms with Crippen molar-refractivity contribution in [3.63, 3.8) is 0 Å². The Balaban J connectivity index is 1.44. The molecule has 36 heavy (non-hydrogen) atoms. The van der Waals surface area contributed by atoms with Crippen molar-refractivity contribution >= 4 is 22.7 Å². The smallest absolute Gasteiger partial charge is 0.131 e. The minimum atomic E-state index is -0.427. The number of H-pyrrole nitrogens is 1. The SMILES string of the molecule is CCCCCN1CC(Sc2cc(F)c([C@@H]3c4ccc5[nH]ncc5c4CN(C)[C@H]3CC(C)C)c(F)c2)C1. The monoisotopic (exact) mass is 512 g/mol. The predicted molar refractivity (Wildman–Crippen MR) is 145 cm³/mol. The van der Waals surface area contributed by atoms with Crippen LogP contribution in [0.3, 0.4) is 0 Å². The van der Waals surface area contributed by atoms with Gasteiger partial charge in [-0.05, 0) is 61.7 Å². The maximum atomic E-state index is 15.8. The molecule has 1 aromatic heterocycles. The summed E-state index contributed by atoms with van der Waals surface area (Å²) in [5.41, 5.74) is 3.30. The maximum absolute atomic E-state index is 15.8. The fourth-order valence-electron chi connectivity index (χ4n) is 6.02. The molecule has 7 heteroatoms. The summed E-state index contributed by atoms with van der Waals surface area (Å²) in [4.78, 5) is 5.40. The van der Waals surface area contributed by atoms with Crippen LogP contribution in [0.4, 0.5) is 8.78 Å². The van der Waals surface area contributed by atoms with Gasteiger partial charge in [0.1, 0.15) is 11.6 Å². The second kappa shape index (κ2) is 10.8. The molecule has 2 aromatic carbocycles. The lowest BCUT2D eigenvalue weighted by molar-refractivity contribution is 0.169. The van der Waals surface area contributed by atoms with Crippen LogP contribution in [0.25, 0.3) is 10.9 Å². The molecule has 2 atom stereocenters. The molecular weight excluding hydrogens is 474 g/mol. The first-order valence-corrected chi connectivity index (χ1v) is 14.3. The van der Waals surface area contributed by atoms with E-state index >= 15 is 8.78 Å². The van der Waals surface area contributed by atoms with Gasteiger partial charge in [-0.15, -0.1) is 11.8 Å². The van der Waals surface area contributed by atoms with Crippen LogP contribution in [0, 0.1) is 17.6 Å². The minimum absolute atomic E-state index is 0.0210. The molecule has 0 aliphatic carbocycles. The van der Waals surface area contributed by atoms with Crippen molar-refractivity contribution in [3.05, 3.63) is 58.8 Å². The van der Waals surface area contributed by atoms with E-state index in [4.69, 9.17) is 0 Å². The van der Waals surface area contributed by atoms with Crippen molar-refractivity contribution < 1.29 is 8.78 Å². The minimum Gasteiger partial charge on any atom is -0.301 e. The first-order chi connectivity index (χ1) is 17.4. The van der Waals surface area contributed by atoms with E-state index in [1.54, 1.807) is 23.9 Å². The Kier molecular flexibility index (Phi) is 7.70. The lowest BCUT2D eigenvalue weighted by Gasteiger charge is -2.42. The van der Waals surface area contributed by atoms with E-state index in [9.17, 15) is 0 Å². The van der Waals surface area contributed by atoms with Gasteiger partial charge in [0, 0.05) is 52.7 Å². The van der Waals surface area contributed by atoms with Crippen LogP contribution in [0.5, 0.6) is 0 Å². The van der Waals surface area contributed by atoms with Crippen LogP contribution in [-0.4, -0.2) is 58.0 Å². The van der Waals surface area contributed by atoms with Gasteiger partial charge in [-0.25, -0.2) is 8.78 Å². The Morgan fingerprint density at radius 3 is 2.58 bits per heavy atom. The zero-order valence-electron chi connectivity index (χ0n) is 21.9. The Hall–Kier alpha value is -1.96. The molecule has 1 fully saturated rings. The number of hydrogen-bond acceptors (Lipinski definition) is 4. The Morgan fingerprint density at radius 2 is 1.89 bits per heavy atom. The highest BCUT2D eigenvalue weighted by atomic mass is 32.2. The maximum Gasteiger partial charge on any atom is 0.131 e. The standard InChI is InChI=1S/C29H38F2N4S/c1-5-6-7-10-35-15-20(16-35)36-19-12-24(30)29(25(31)13-19)28-21-8-9-26-22(14-32-33-26)23(21)17-34(4)27(28)11-18(2)3/h8-9,12-14,18,20,27-28H,5-7,10-11,15-17H2,1-4H3,(H,32,33)/t27-,28+/m0/s1. The van der Waals surface area contributed by atoms with Crippen LogP contribution in [0.2, 0.25) is 0 Å². The molecule has 3 aromatic rings. The summed E-state index contributed by atoms with van der Waals surface area (Å²) < 4.78 is 31.7. The average molecular weight is 513 g/mol. The Morgan fingerprint density at radius 1 is 1.14 bits per heavy atom. The van der Waals surface area contributed by atoms with Gasteiger partial charge in [0.05, 0.1) is 11.7 Å². The molecule has 3 heterocycles. The van der Waals surface area contributed by atoms with E-state index in [1.165, 1.54) is 19.3 Å². The Bertz CT molecular complexity index is 1180. The molecule has 1 N–H and O–H groups in total. The molecule has 5 rings (SSSR count). The number of hydrogen-bond donors (Lipinski definition) is 1. The number of thioether (sulfide) groups is 1. The van der Waals surface area contributed by atoms with E-state index in [0.717, 1.165) is 54.6 Å². The molecule has 0 radical (unpaired) electrons. The van der Waals surface area contributed by atoms with Crippen molar-refractivity contribution in [1.29, 1.82) is 0 Å². The first-order valence-electron chi connectivity index (χ1n) is 13.4. The zero-order valence-corrected chi connectivity index (χ0v) is 22.7. The van der Waals surface area contributed by atoms with E-state index < -0.39 is 11.6 Å². The van der Waals surface area contributed by atoms with Gasteiger partial charge < -0.3 is 4.90 Å². The number of nitrogens with zero attached hydrogens (tertiary/aromatic N) is 3. The molecule has 0 saturated carbocycles. The van der Waals surface area contributed by atoms with Gasteiger partial charge in [0.25, 0.3) is 0 Å². The molecule has 0 bridgehead atoms. The predicted octanol–water partition coefficient (Wildman–Crippen LogP) is 6.80. The number of benzene rings is 2. The third-order valence-corrected chi connectivity index (χ3v) is 8.99. The molecule has 2 aliphatic heterocycles. The van der Waals surface area contributed by atoms with Crippen molar-refractivity contribution in [3.8, 4) is 0 Å². The van der Waals surface area contributed by atoms with Crippen LogP contribution < -0.4 is 0 Å². The molecule has 0 spiro atoms. The molecular formula is C29H38F2N4S. The van der Waals surface area contributed by atoms with Crippen LogP contribution in [-0.2, 0) is 6.54 Å². The zero-order chi connectivity index (χ0) is 25.4. The number of unbranched alkanes of at least 4 members (excludes halogenated alkanes) is 2. The number of likely N-dealkylation sites (N-methyl/N-ethyl adjacent to an activating group) is 1. The van der Waals surface area contributed by atoms with E-state index in [1.807, 2.05) is 18.3 Å². The fraction of sp³-hybridized carbons (Fsp3) is 0.552. The molecule has 0 amide bonds. The summed E-state index contributed by atoms with van der Waals surface area (Å²) in [5, 5.41) is 8.69. The second-order valence-corrected chi connectivity index (χ2v) is 12.4. The summed E-state index contributed by atoms with van der Waals surface area (Å²) >= 11 is 1.61. The molecule has 0 unspecified atom stereocenters. The van der Waals surface area contributed by atoms with Crippen LogP contribution in [0.1, 0.15) is 69.1 Å². The normalized spacial score (nSPS) is 21.3. The molecule has 1 saturated heterocycles. The van der Waals surface area contributed by atoms with Gasteiger partial charge in [0.15, 0.2) is 0 Å². The van der Waals surface area contributed by atoms with Crippen molar-refractivity contribution in [2.45, 2.75) is 75.1 Å². The number of nitrogens with one attached hydrogen (secondary N) is 1. The molecule has 194 valence electrons. The van der Waals surface area contributed by atoms with E-state index in [-0.39, 0.29) is 17.5 Å². The highest BCUT2D eigenvalue weighted by Crippen LogP contribution is 2.44. The summed E-state index contributed by atoms with van der Waals surface area (Å²) in [6.07, 6.45) is 6.42. The summed E-state index contributed by atoms with van der Waals surface area (Å²) in [6.45, 7) is 10.4. The molecule has 4 nitrogen and oxygen atoms in total. The lowest BCUT2D eigenvalue weighted by Crippen LogP contribution is -2.49. The lowest BCUT2D eigenvalue weighted by atomic mass is 9.75. The summed E-state index contributed by atoms with van der Waals surface area (Å²) in [7, 11) is 2.07. The number of halogens is 2. The highest BCUT2D eigenvalue weighted by Gasteiger charge is 2.39. The van der Waals surface area contributed by atoms with Crippen molar-refractivity contribution in [1.82, 2.24) is 20.0 Å². The number of aromatic amines is 1. The Labute approximate surface area is 217 Å². The van der Waals surface area contributed by atoms with Gasteiger partial charge >= 0.3 is 0 Å². The van der Waals surface area contributed by atoms with Crippen LogP contribution >= 0.6 is 11.8 Å². The number of fused-ring (bicyclic) bond motifs is 3. The second-order valence-electron chi connectivity index (χ2n) is 11.1. The summed E-state index contributed by atoms with van der Waals surface area (Å²) in [6, 6.07) is 7.20. The van der Waals surface area contributed by atoms with Crippen molar-refractivity contribution in [2.75, 3.05) is 26.7 Å². The number of likely N-dealkylation sites (tertiary alicyclic amines) is 1. The topological polar surface area (TPSA) is 35.2 Å². The van der Waals surface area contributed by atoms with E-state index in [0.29, 0.717) is 16.1 Å². The highest BCUT2D eigenvalue weighted by molar-refractivity contribution is 8.00. The van der Waals surface area contributed by atoms with Gasteiger partial charge in [0.2, 0.25) is 0 Å². The number of rotatable bonds is 9. The van der Waals surface area contributed by atoms with Gasteiger partial charge in [-0.3, -0.25) is 10.00 Å².